The first-order valence-electron chi connectivity index (χ1n) is 15.7. The lowest BCUT2D eigenvalue weighted by atomic mass is 9.85. The van der Waals surface area contributed by atoms with E-state index in [-0.39, 0.29) is 18.1 Å². The molecule has 3 atom stereocenters. The maximum atomic E-state index is 6.69. The molecular formula is C33H47N5O6. The highest BCUT2D eigenvalue weighted by atomic mass is 16.5. The summed E-state index contributed by atoms with van der Waals surface area (Å²) < 4.78 is 37.3. The molecule has 1 N–H and O–H groups in total. The maximum absolute atomic E-state index is 6.69. The van der Waals surface area contributed by atoms with Crippen LogP contribution in [0.25, 0.3) is 0 Å². The van der Waals surface area contributed by atoms with E-state index < -0.39 is 0 Å². The fourth-order valence-electron chi connectivity index (χ4n) is 5.85. The van der Waals surface area contributed by atoms with Crippen LogP contribution in [0, 0.1) is 0 Å². The van der Waals surface area contributed by atoms with Crippen LogP contribution in [0.4, 0.5) is 5.69 Å². The number of methoxy groups -OCH3 is 2. The SMILES string of the molecule is COCCCOc1ccc([C@@H]2[C@@H](OCc3ccc4c(c3)N(CCCOC)CCO4)CNC[C@H]2OCCCn2cncn2)cc1. The Morgan fingerprint density at radius 2 is 1.68 bits per heavy atom. The Hall–Kier alpha value is -3.22. The molecule has 1 fully saturated rings. The summed E-state index contributed by atoms with van der Waals surface area (Å²) in [7, 11) is 3.45. The number of aromatic nitrogens is 3. The molecule has 2 aliphatic rings. The molecule has 3 aromatic rings. The summed E-state index contributed by atoms with van der Waals surface area (Å²) >= 11 is 0. The summed E-state index contributed by atoms with van der Waals surface area (Å²) in [6.45, 7) is 7.96. The van der Waals surface area contributed by atoms with Crippen molar-refractivity contribution in [3.05, 3.63) is 66.2 Å². The second-order valence-electron chi connectivity index (χ2n) is 11.2. The third-order valence-corrected chi connectivity index (χ3v) is 8.07. The fourth-order valence-corrected chi connectivity index (χ4v) is 5.85. The number of nitrogens with zero attached hydrogens (tertiary/aromatic N) is 4. The number of rotatable bonds is 18. The van der Waals surface area contributed by atoms with Crippen molar-refractivity contribution >= 4 is 5.69 Å². The first-order chi connectivity index (χ1) is 21.7. The van der Waals surface area contributed by atoms with Gasteiger partial charge in [0.25, 0.3) is 0 Å². The molecule has 0 saturated carbocycles. The number of aryl methyl sites for hydroxylation is 1. The predicted octanol–water partition coefficient (Wildman–Crippen LogP) is 3.68. The summed E-state index contributed by atoms with van der Waals surface area (Å²) in [5, 5.41) is 7.76. The number of fused-ring (bicyclic) bond motifs is 1. The third kappa shape index (κ3) is 9.15. The highest BCUT2D eigenvalue weighted by Gasteiger charge is 2.36. The zero-order chi connectivity index (χ0) is 30.4. The van der Waals surface area contributed by atoms with Crippen molar-refractivity contribution in [2.24, 2.45) is 0 Å². The standard InChI is InChI=1S/C33H47N5O6/c1-39-15-3-12-37-14-19-43-30-11-6-26(20-29(30)37)23-44-32-22-34-21-31(42-17-4-13-38-25-35-24-36-38)33(32)27-7-9-28(10-8-27)41-18-5-16-40-2/h6-11,20,24-25,31-34H,3-5,12-19,21-23H2,1-2H3/t31-,32+,33+/m1/s1. The van der Waals surface area contributed by atoms with Crippen LogP contribution in [0.2, 0.25) is 0 Å². The molecule has 0 bridgehead atoms. The van der Waals surface area contributed by atoms with Crippen LogP contribution in [-0.4, -0.2) is 100 Å². The van der Waals surface area contributed by atoms with Crippen LogP contribution in [0.1, 0.15) is 36.3 Å². The molecule has 1 aromatic heterocycles. The fraction of sp³-hybridized carbons (Fsp3) is 0.576. The van der Waals surface area contributed by atoms with Crippen LogP contribution in [0.5, 0.6) is 11.5 Å². The van der Waals surface area contributed by atoms with Gasteiger partial charge in [0.1, 0.15) is 30.8 Å². The van der Waals surface area contributed by atoms with Crippen LogP contribution >= 0.6 is 0 Å². The largest absolute Gasteiger partial charge is 0.494 e. The van der Waals surface area contributed by atoms with Crippen molar-refractivity contribution in [2.45, 2.75) is 50.5 Å². The van der Waals surface area contributed by atoms with Crippen molar-refractivity contribution in [3.63, 3.8) is 0 Å². The van der Waals surface area contributed by atoms with Gasteiger partial charge < -0.3 is 38.6 Å². The average molecular weight is 610 g/mol. The minimum absolute atomic E-state index is 0.0359. The summed E-state index contributed by atoms with van der Waals surface area (Å²) in [5.74, 6) is 1.85. The number of anilines is 1. The Bertz CT molecular complexity index is 1230. The summed E-state index contributed by atoms with van der Waals surface area (Å²) in [6.07, 6.45) is 5.87. The number of benzene rings is 2. The first kappa shape index (κ1) is 32.2. The lowest BCUT2D eigenvalue weighted by Gasteiger charge is -2.39. The molecule has 11 nitrogen and oxygen atoms in total. The van der Waals surface area contributed by atoms with Gasteiger partial charge in [0.05, 0.1) is 37.7 Å². The number of nitrogens with one attached hydrogen (secondary N) is 1. The van der Waals surface area contributed by atoms with Gasteiger partial charge >= 0.3 is 0 Å². The van der Waals surface area contributed by atoms with Gasteiger partial charge in [0, 0.05) is 72.6 Å². The normalized spacial score (nSPS) is 19.9. The van der Waals surface area contributed by atoms with Gasteiger partial charge in [-0.15, -0.1) is 0 Å². The van der Waals surface area contributed by atoms with E-state index in [1.165, 1.54) is 5.56 Å². The van der Waals surface area contributed by atoms with Crippen molar-refractivity contribution < 1.29 is 28.4 Å². The van der Waals surface area contributed by atoms with Crippen molar-refractivity contribution in [2.75, 3.05) is 78.3 Å². The van der Waals surface area contributed by atoms with E-state index in [0.29, 0.717) is 33.0 Å². The van der Waals surface area contributed by atoms with Gasteiger partial charge in [-0.05, 0) is 48.2 Å². The van der Waals surface area contributed by atoms with E-state index >= 15 is 0 Å². The molecule has 3 heterocycles. The quantitative estimate of drug-likeness (QED) is 0.215. The summed E-state index contributed by atoms with van der Waals surface area (Å²) in [5.41, 5.74) is 3.44. The number of hydrogen-bond acceptors (Lipinski definition) is 10. The van der Waals surface area contributed by atoms with Crippen molar-refractivity contribution in [1.29, 1.82) is 0 Å². The Morgan fingerprint density at radius 1 is 0.886 bits per heavy atom. The molecule has 0 amide bonds. The lowest BCUT2D eigenvalue weighted by Crippen LogP contribution is -2.50. The van der Waals surface area contributed by atoms with E-state index in [0.717, 1.165) is 81.3 Å². The van der Waals surface area contributed by atoms with Gasteiger partial charge in [-0.1, -0.05) is 18.2 Å². The number of piperidine rings is 1. The minimum atomic E-state index is -0.0670. The third-order valence-electron chi connectivity index (χ3n) is 8.07. The van der Waals surface area contributed by atoms with E-state index in [1.54, 1.807) is 26.9 Å². The Kier molecular flexibility index (Phi) is 12.7. The molecule has 0 aliphatic carbocycles. The molecule has 5 rings (SSSR count). The molecule has 0 spiro atoms. The van der Waals surface area contributed by atoms with Gasteiger partial charge in [-0.2, -0.15) is 5.10 Å². The zero-order valence-electron chi connectivity index (χ0n) is 26.1. The van der Waals surface area contributed by atoms with Gasteiger partial charge in [0.15, 0.2) is 0 Å². The molecule has 11 heteroatoms. The Balaban J connectivity index is 1.25. The molecule has 2 aromatic carbocycles. The van der Waals surface area contributed by atoms with Gasteiger partial charge in [-0.3, -0.25) is 4.68 Å². The second-order valence-corrected chi connectivity index (χ2v) is 11.2. The smallest absolute Gasteiger partial charge is 0.142 e. The van der Waals surface area contributed by atoms with Gasteiger partial charge in [-0.25, -0.2) is 4.98 Å². The summed E-state index contributed by atoms with van der Waals surface area (Å²) in [4.78, 5) is 6.41. The monoisotopic (exact) mass is 609 g/mol. The van der Waals surface area contributed by atoms with E-state index in [9.17, 15) is 0 Å². The zero-order valence-corrected chi connectivity index (χ0v) is 26.1. The second kappa shape index (κ2) is 17.3. The van der Waals surface area contributed by atoms with Crippen LogP contribution in [-0.2, 0) is 32.1 Å². The molecule has 0 unspecified atom stereocenters. The number of hydrogen-bond donors (Lipinski definition) is 1. The van der Waals surface area contributed by atoms with Crippen LogP contribution in [0.15, 0.2) is 55.1 Å². The Morgan fingerprint density at radius 3 is 2.48 bits per heavy atom. The molecule has 1 saturated heterocycles. The molecule has 240 valence electrons. The molecular weight excluding hydrogens is 562 g/mol. The van der Waals surface area contributed by atoms with Gasteiger partial charge in [0.2, 0.25) is 0 Å². The molecule has 2 aliphatic heterocycles. The predicted molar refractivity (Wildman–Crippen MR) is 168 cm³/mol. The average Bonchev–Trinajstić information content (AvgIpc) is 3.58. The first-order valence-corrected chi connectivity index (χ1v) is 15.7. The topological polar surface area (TPSA) is 101 Å². The van der Waals surface area contributed by atoms with Crippen LogP contribution < -0.4 is 19.7 Å². The van der Waals surface area contributed by atoms with E-state index in [2.05, 4.69) is 50.6 Å². The molecule has 44 heavy (non-hydrogen) atoms. The molecule has 0 radical (unpaired) electrons. The highest BCUT2D eigenvalue weighted by Crippen LogP contribution is 2.35. The summed E-state index contributed by atoms with van der Waals surface area (Å²) in [6, 6.07) is 14.8. The maximum Gasteiger partial charge on any atom is 0.142 e. The van der Waals surface area contributed by atoms with Crippen molar-refractivity contribution in [3.8, 4) is 11.5 Å². The van der Waals surface area contributed by atoms with Crippen molar-refractivity contribution in [1.82, 2.24) is 20.1 Å². The lowest BCUT2D eigenvalue weighted by molar-refractivity contribution is -0.0607. The minimum Gasteiger partial charge on any atom is -0.494 e. The van der Waals surface area contributed by atoms with Crippen LogP contribution in [0.3, 0.4) is 0 Å². The Labute approximate surface area is 260 Å². The van der Waals surface area contributed by atoms with E-state index in [4.69, 9.17) is 28.4 Å². The number of ether oxygens (including phenoxy) is 6. The van der Waals surface area contributed by atoms with E-state index in [1.807, 2.05) is 16.8 Å². The highest BCUT2D eigenvalue weighted by molar-refractivity contribution is 5.61.